The molecule has 2 aromatic carbocycles. The van der Waals surface area contributed by atoms with Gasteiger partial charge in [0.1, 0.15) is 18.0 Å². The average Bonchev–Trinajstić information content (AvgIpc) is 3.55. The zero-order valence-electron chi connectivity index (χ0n) is 28.0. The number of piperazine rings is 1. The van der Waals surface area contributed by atoms with Crippen molar-refractivity contribution in [1.82, 2.24) is 19.8 Å². The Balaban J connectivity index is 1.22. The number of likely N-dealkylation sites (tertiary alicyclic amines) is 1. The Morgan fingerprint density at radius 3 is 2.64 bits per heavy atom. The third-order valence-electron chi connectivity index (χ3n) is 10.4. The van der Waals surface area contributed by atoms with Gasteiger partial charge < -0.3 is 29.3 Å². The maximum absolute atomic E-state index is 13.4. The normalized spacial score (nSPS) is 24.6. The number of aliphatic hydroxyl groups is 1. The van der Waals surface area contributed by atoms with Gasteiger partial charge in [0.2, 0.25) is 0 Å². The fraction of sp³-hybridized carbons (Fsp3) is 0.583. The molecule has 0 aliphatic carbocycles. The largest absolute Gasteiger partial charge is 0.462 e. The summed E-state index contributed by atoms with van der Waals surface area (Å²) >= 11 is 6.75. The van der Waals surface area contributed by atoms with Crippen LogP contribution in [0.15, 0.2) is 36.4 Å². The summed E-state index contributed by atoms with van der Waals surface area (Å²) in [5, 5.41) is 12.8. The van der Waals surface area contributed by atoms with E-state index in [1.54, 1.807) is 0 Å². The number of hydrogen-bond donors (Lipinski definition) is 1. The maximum Gasteiger partial charge on any atom is 0.410 e. The molecule has 1 unspecified atom stereocenters. The molecule has 7 rings (SSSR count). The highest BCUT2D eigenvalue weighted by atomic mass is 35.5. The summed E-state index contributed by atoms with van der Waals surface area (Å²) < 4.78 is 12.2. The predicted molar refractivity (Wildman–Crippen MR) is 185 cm³/mol. The Hall–Kier alpha value is -3.34. The number of likely N-dealkylation sites (N-methyl/N-ethyl adjacent to an activating group) is 1. The lowest BCUT2D eigenvalue weighted by Gasteiger charge is -2.43. The molecule has 3 aromatic rings. The molecule has 4 aliphatic rings. The van der Waals surface area contributed by atoms with Crippen LogP contribution in [0.25, 0.3) is 10.8 Å². The van der Waals surface area contributed by atoms with Gasteiger partial charge >= 0.3 is 12.1 Å². The highest BCUT2D eigenvalue weighted by Crippen LogP contribution is 2.42. The van der Waals surface area contributed by atoms with Crippen molar-refractivity contribution in [3.05, 3.63) is 52.7 Å². The van der Waals surface area contributed by atoms with E-state index < -0.39 is 5.60 Å². The van der Waals surface area contributed by atoms with Crippen LogP contribution in [-0.2, 0) is 17.7 Å². The minimum Gasteiger partial charge on any atom is -0.462 e. The molecule has 1 N–H and O–H groups in total. The molecule has 4 aliphatic heterocycles. The first-order chi connectivity index (χ1) is 22.6. The van der Waals surface area contributed by atoms with Crippen LogP contribution in [0.4, 0.5) is 16.3 Å². The summed E-state index contributed by atoms with van der Waals surface area (Å²) in [5.41, 5.74) is 2.63. The van der Waals surface area contributed by atoms with E-state index in [0.29, 0.717) is 44.7 Å². The third-order valence-corrected chi connectivity index (χ3v) is 10.7. The van der Waals surface area contributed by atoms with Crippen LogP contribution < -0.4 is 14.5 Å². The molecule has 1 aromatic heterocycles. The van der Waals surface area contributed by atoms with Crippen LogP contribution in [0.3, 0.4) is 0 Å². The second kappa shape index (κ2) is 12.9. The lowest BCUT2D eigenvalue weighted by atomic mass is 9.96. The number of anilines is 2. The van der Waals surface area contributed by atoms with E-state index in [1.807, 2.05) is 37.8 Å². The first-order valence-electron chi connectivity index (χ1n) is 17.1. The minimum absolute atomic E-state index is 0.0276. The SMILES string of the molecule is CN1CCC[C@H]1COc1nc2c(c(N3C[C@H]4CC(CCO)[C@@H](C3)N4C(=O)OC(C)(C)C)n1)CCN(c1cccc3cccc(Cl)c13)C2. The molecule has 5 heterocycles. The number of carbonyl (C=O) groups excluding carboxylic acids is 1. The molecule has 11 heteroatoms. The molecule has 0 spiro atoms. The number of rotatable bonds is 7. The van der Waals surface area contributed by atoms with E-state index in [4.69, 9.17) is 31.0 Å². The van der Waals surface area contributed by atoms with Crippen LogP contribution in [-0.4, -0.2) is 101 Å². The van der Waals surface area contributed by atoms with Crippen molar-refractivity contribution in [2.45, 2.75) is 83.1 Å². The number of carbonyl (C=O) groups is 1. The van der Waals surface area contributed by atoms with Crippen molar-refractivity contribution in [2.75, 3.05) is 56.2 Å². The molecule has 2 bridgehead atoms. The van der Waals surface area contributed by atoms with E-state index in [0.717, 1.165) is 70.9 Å². The number of halogens is 1. The van der Waals surface area contributed by atoms with E-state index >= 15 is 0 Å². The molecule has 0 radical (unpaired) electrons. The Morgan fingerprint density at radius 2 is 1.89 bits per heavy atom. The van der Waals surface area contributed by atoms with Gasteiger partial charge in [-0.15, -0.1) is 0 Å². The van der Waals surface area contributed by atoms with Gasteiger partial charge in [0.15, 0.2) is 0 Å². The summed E-state index contributed by atoms with van der Waals surface area (Å²) in [6.07, 6.45) is 4.27. The van der Waals surface area contributed by atoms with E-state index in [1.165, 1.54) is 6.42 Å². The number of amides is 1. The van der Waals surface area contributed by atoms with E-state index in [-0.39, 0.29) is 30.7 Å². The summed E-state index contributed by atoms with van der Waals surface area (Å²) in [6, 6.07) is 13.0. The van der Waals surface area contributed by atoms with Gasteiger partial charge in [0.25, 0.3) is 0 Å². The molecular formula is C36H47ClN6O4. The van der Waals surface area contributed by atoms with Gasteiger partial charge in [-0.05, 0) is 89.9 Å². The zero-order chi connectivity index (χ0) is 32.9. The minimum atomic E-state index is -0.578. The highest BCUT2D eigenvalue weighted by Gasteiger charge is 2.50. The van der Waals surface area contributed by atoms with Crippen molar-refractivity contribution >= 4 is 40.0 Å². The summed E-state index contributed by atoms with van der Waals surface area (Å²) in [6.45, 7) is 10.1. The van der Waals surface area contributed by atoms with Crippen molar-refractivity contribution in [2.24, 2.45) is 5.92 Å². The monoisotopic (exact) mass is 662 g/mol. The second-order valence-corrected chi connectivity index (χ2v) is 15.1. The first kappa shape index (κ1) is 32.2. The van der Waals surface area contributed by atoms with Crippen LogP contribution >= 0.6 is 11.6 Å². The molecule has 0 saturated carbocycles. The average molecular weight is 663 g/mol. The smallest absolute Gasteiger partial charge is 0.410 e. The summed E-state index contributed by atoms with van der Waals surface area (Å²) in [4.78, 5) is 32.6. The molecule has 3 saturated heterocycles. The van der Waals surface area contributed by atoms with Crippen molar-refractivity contribution in [1.29, 1.82) is 0 Å². The standard InChI is InChI=1S/C36H47ClN6O4/c1-36(2,3)47-35(45)43-26-18-24(14-17-44)31(43)21-42(19-26)33-27-13-16-41(30-12-6-9-23-8-5-11-28(37)32(23)30)20-29(27)38-34(39-33)46-22-25-10-7-15-40(25)4/h5-6,8-9,11-12,24-26,31,44H,7,10,13-22H2,1-4H3/t24?,25-,26+,31+/m0/s1. The molecule has 4 atom stereocenters. The summed E-state index contributed by atoms with van der Waals surface area (Å²) in [5.74, 6) is 1.10. The fourth-order valence-corrected chi connectivity index (χ4v) is 8.42. The maximum atomic E-state index is 13.4. The van der Waals surface area contributed by atoms with E-state index in [9.17, 15) is 9.90 Å². The van der Waals surface area contributed by atoms with Crippen molar-refractivity contribution in [3.63, 3.8) is 0 Å². The number of benzene rings is 2. The van der Waals surface area contributed by atoms with Crippen molar-refractivity contribution < 1.29 is 19.4 Å². The molecule has 10 nitrogen and oxygen atoms in total. The second-order valence-electron chi connectivity index (χ2n) is 14.7. The number of aromatic nitrogens is 2. The molecule has 1 amide bonds. The molecule has 252 valence electrons. The molecular weight excluding hydrogens is 616 g/mol. The number of ether oxygens (including phenoxy) is 2. The predicted octanol–water partition coefficient (Wildman–Crippen LogP) is 5.52. The Bertz CT molecular complexity index is 1630. The highest BCUT2D eigenvalue weighted by molar-refractivity contribution is 6.36. The topological polar surface area (TPSA) is 94.5 Å². The molecule has 47 heavy (non-hydrogen) atoms. The van der Waals surface area contributed by atoms with Gasteiger partial charge in [0, 0.05) is 48.9 Å². The van der Waals surface area contributed by atoms with Crippen LogP contribution in [0.1, 0.15) is 57.7 Å². The molecule has 3 fully saturated rings. The van der Waals surface area contributed by atoms with Crippen LogP contribution in [0, 0.1) is 5.92 Å². The van der Waals surface area contributed by atoms with Gasteiger partial charge in [-0.25, -0.2) is 4.79 Å². The Kier molecular flexibility index (Phi) is 8.87. The lowest BCUT2D eigenvalue weighted by molar-refractivity contribution is 0.00996. The van der Waals surface area contributed by atoms with Crippen LogP contribution in [0.5, 0.6) is 6.01 Å². The van der Waals surface area contributed by atoms with Gasteiger partial charge in [-0.3, -0.25) is 4.90 Å². The number of hydrogen-bond acceptors (Lipinski definition) is 9. The van der Waals surface area contributed by atoms with Gasteiger partial charge in [-0.2, -0.15) is 9.97 Å². The number of fused-ring (bicyclic) bond motifs is 4. The third kappa shape index (κ3) is 6.44. The first-order valence-corrected chi connectivity index (χ1v) is 17.5. The number of nitrogens with zero attached hydrogens (tertiary/aromatic N) is 6. The summed E-state index contributed by atoms with van der Waals surface area (Å²) in [7, 11) is 2.15. The lowest BCUT2D eigenvalue weighted by Crippen LogP contribution is -2.58. The van der Waals surface area contributed by atoms with Crippen LogP contribution in [0.2, 0.25) is 5.02 Å². The zero-order valence-corrected chi connectivity index (χ0v) is 28.7. The van der Waals surface area contributed by atoms with E-state index in [2.05, 4.69) is 46.0 Å². The quantitative estimate of drug-likeness (QED) is 0.351. The van der Waals surface area contributed by atoms with Gasteiger partial charge in [-0.1, -0.05) is 35.9 Å². The number of aliphatic hydroxyl groups excluding tert-OH is 1. The Labute approximate surface area is 282 Å². The van der Waals surface area contributed by atoms with Gasteiger partial charge in [0.05, 0.1) is 29.3 Å². The fourth-order valence-electron chi connectivity index (χ4n) is 8.14. The van der Waals surface area contributed by atoms with Crippen molar-refractivity contribution in [3.8, 4) is 6.01 Å². The Morgan fingerprint density at radius 1 is 1.09 bits per heavy atom.